The van der Waals surface area contributed by atoms with E-state index in [2.05, 4.69) is 27.9 Å². The van der Waals surface area contributed by atoms with Crippen molar-refractivity contribution < 1.29 is 4.79 Å². The van der Waals surface area contributed by atoms with Crippen molar-refractivity contribution in [2.75, 3.05) is 26.7 Å². The Morgan fingerprint density at radius 1 is 1.00 bits per heavy atom. The molecule has 0 aromatic carbocycles. The molecule has 6 heteroatoms. The molecule has 0 radical (unpaired) electrons. The number of hydrogen-bond donors (Lipinski definition) is 3. The van der Waals surface area contributed by atoms with Gasteiger partial charge in [0, 0.05) is 20.1 Å². The minimum Gasteiger partial charge on any atom is -0.356 e. The van der Waals surface area contributed by atoms with Crippen LogP contribution in [0.5, 0.6) is 0 Å². The Morgan fingerprint density at radius 2 is 1.72 bits per heavy atom. The number of carbonyl (C=O) groups is 1. The summed E-state index contributed by atoms with van der Waals surface area (Å²) in [4.78, 5) is 15.4. The first-order valence-electron chi connectivity index (χ1n) is 6.45. The van der Waals surface area contributed by atoms with Gasteiger partial charge in [-0.15, -0.1) is 24.0 Å². The van der Waals surface area contributed by atoms with Crippen molar-refractivity contribution in [2.45, 2.75) is 39.5 Å². The third-order valence-electron chi connectivity index (χ3n) is 2.28. The monoisotopic (exact) mass is 370 g/mol. The van der Waals surface area contributed by atoms with E-state index in [1.807, 2.05) is 6.92 Å². The maximum absolute atomic E-state index is 11.3. The smallest absolute Gasteiger partial charge is 0.239 e. The second kappa shape index (κ2) is 14.5. The number of amides is 1. The Kier molecular flexibility index (Phi) is 16.0. The molecule has 0 bridgehead atoms. The van der Waals surface area contributed by atoms with Crippen molar-refractivity contribution in [2.24, 2.45) is 4.99 Å². The zero-order valence-corrected chi connectivity index (χ0v) is 14.0. The summed E-state index contributed by atoms with van der Waals surface area (Å²) in [7, 11) is 1.71. The van der Waals surface area contributed by atoms with Crippen LogP contribution in [-0.4, -0.2) is 38.5 Å². The average molecular weight is 370 g/mol. The van der Waals surface area contributed by atoms with Crippen LogP contribution < -0.4 is 16.0 Å². The van der Waals surface area contributed by atoms with Crippen LogP contribution in [0.15, 0.2) is 4.99 Å². The van der Waals surface area contributed by atoms with Gasteiger partial charge in [0.1, 0.15) is 0 Å². The van der Waals surface area contributed by atoms with Crippen molar-refractivity contribution in [1.82, 2.24) is 16.0 Å². The molecule has 0 aliphatic carbocycles. The number of carbonyl (C=O) groups excluding carboxylic acids is 1. The largest absolute Gasteiger partial charge is 0.356 e. The lowest BCUT2D eigenvalue weighted by Crippen LogP contribution is -2.43. The number of aliphatic imine (C=N–C) groups is 1. The molecular formula is C12H27IN4O. The molecule has 0 aliphatic rings. The fraction of sp³-hybridized carbons (Fsp3) is 0.833. The van der Waals surface area contributed by atoms with Gasteiger partial charge in [0.2, 0.25) is 5.91 Å². The zero-order valence-electron chi connectivity index (χ0n) is 11.7. The fourth-order valence-corrected chi connectivity index (χ4v) is 1.29. The Bertz CT molecular complexity index is 234. The average Bonchev–Trinajstić information content (AvgIpc) is 2.35. The molecule has 0 spiro atoms. The van der Waals surface area contributed by atoms with Gasteiger partial charge in [0.25, 0.3) is 0 Å². The molecule has 0 aromatic rings. The summed E-state index contributed by atoms with van der Waals surface area (Å²) in [5.41, 5.74) is 0. The van der Waals surface area contributed by atoms with E-state index >= 15 is 0 Å². The normalized spacial score (nSPS) is 10.5. The van der Waals surface area contributed by atoms with Crippen LogP contribution >= 0.6 is 24.0 Å². The second-order valence-electron chi connectivity index (χ2n) is 3.91. The molecule has 0 saturated carbocycles. The number of nitrogens with zero attached hydrogens (tertiary/aromatic N) is 1. The number of rotatable bonds is 8. The lowest BCUT2D eigenvalue weighted by molar-refractivity contribution is -0.120. The van der Waals surface area contributed by atoms with Crippen LogP contribution in [0.4, 0.5) is 0 Å². The molecule has 0 unspecified atom stereocenters. The van der Waals surface area contributed by atoms with E-state index in [9.17, 15) is 4.79 Å². The number of guanidine groups is 1. The molecule has 0 heterocycles. The summed E-state index contributed by atoms with van der Waals surface area (Å²) in [5.74, 6) is 0.691. The molecule has 5 nitrogen and oxygen atoms in total. The predicted molar refractivity (Wildman–Crippen MR) is 87.6 cm³/mol. The van der Waals surface area contributed by atoms with E-state index in [-0.39, 0.29) is 36.4 Å². The van der Waals surface area contributed by atoms with Gasteiger partial charge < -0.3 is 16.0 Å². The van der Waals surface area contributed by atoms with Crippen molar-refractivity contribution >= 4 is 35.8 Å². The third kappa shape index (κ3) is 11.9. The van der Waals surface area contributed by atoms with E-state index in [1.165, 1.54) is 12.8 Å². The van der Waals surface area contributed by atoms with Crippen molar-refractivity contribution in [1.29, 1.82) is 0 Å². The van der Waals surface area contributed by atoms with Crippen LogP contribution in [0.25, 0.3) is 0 Å². The van der Waals surface area contributed by atoms with Crippen LogP contribution in [0, 0.1) is 0 Å². The molecule has 0 aliphatic heterocycles. The molecule has 1 amide bonds. The quantitative estimate of drug-likeness (QED) is 0.263. The summed E-state index contributed by atoms with van der Waals surface area (Å²) < 4.78 is 0. The molecular weight excluding hydrogens is 343 g/mol. The molecule has 3 N–H and O–H groups in total. The van der Waals surface area contributed by atoms with Gasteiger partial charge in [-0.1, -0.05) is 26.7 Å². The predicted octanol–water partition coefficient (Wildman–Crippen LogP) is 1.49. The number of nitrogens with one attached hydrogen (secondary N) is 3. The SMILES string of the molecule is CCCCCNC(=NC)NCC(=O)NCCC.I. The van der Waals surface area contributed by atoms with Gasteiger partial charge in [-0.3, -0.25) is 9.79 Å². The van der Waals surface area contributed by atoms with Crippen LogP contribution in [0.2, 0.25) is 0 Å². The standard InChI is InChI=1S/C12H26N4O.HI/c1-4-6-7-9-15-12(13-3)16-10-11(17)14-8-5-2;/h4-10H2,1-3H3,(H,14,17)(H2,13,15,16);1H. The first-order valence-corrected chi connectivity index (χ1v) is 6.45. The minimum absolute atomic E-state index is 0. The molecule has 0 atom stereocenters. The highest BCUT2D eigenvalue weighted by molar-refractivity contribution is 14.0. The molecule has 0 saturated heterocycles. The molecule has 18 heavy (non-hydrogen) atoms. The van der Waals surface area contributed by atoms with E-state index in [1.54, 1.807) is 7.05 Å². The van der Waals surface area contributed by atoms with Crippen LogP contribution in [0.1, 0.15) is 39.5 Å². The maximum atomic E-state index is 11.3. The molecule has 0 rings (SSSR count). The molecule has 0 fully saturated rings. The number of halogens is 1. The Hall–Kier alpha value is -0.530. The maximum Gasteiger partial charge on any atom is 0.239 e. The van der Waals surface area contributed by atoms with E-state index in [0.717, 1.165) is 25.9 Å². The number of hydrogen-bond acceptors (Lipinski definition) is 2. The van der Waals surface area contributed by atoms with Gasteiger partial charge in [-0.05, 0) is 12.8 Å². The Morgan fingerprint density at radius 3 is 2.28 bits per heavy atom. The lowest BCUT2D eigenvalue weighted by Gasteiger charge is -2.11. The second-order valence-corrected chi connectivity index (χ2v) is 3.91. The van der Waals surface area contributed by atoms with Crippen molar-refractivity contribution in [3.05, 3.63) is 0 Å². The first-order chi connectivity index (χ1) is 8.24. The lowest BCUT2D eigenvalue weighted by atomic mass is 10.2. The third-order valence-corrected chi connectivity index (χ3v) is 2.28. The highest BCUT2D eigenvalue weighted by atomic mass is 127. The van der Waals surface area contributed by atoms with Crippen LogP contribution in [0.3, 0.4) is 0 Å². The van der Waals surface area contributed by atoms with Crippen molar-refractivity contribution in [3.8, 4) is 0 Å². The van der Waals surface area contributed by atoms with Gasteiger partial charge in [0.15, 0.2) is 5.96 Å². The summed E-state index contributed by atoms with van der Waals surface area (Å²) in [6, 6.07) is 0. The van der Waals surface area contributed by atoms with Gasteiger partial charge in [-0.2, -0.15) is 0 Å². The summed E-state index contributed by atoms with van der Waals surface area (Å²) in [5, 5.41) is 8.96. The fourth-order valence-electron chi connectivity index (χ4n) is 1.29. The summed E-state index contributed by atoms with van der Waals surface area (Å²) in [6.45, 7) is 6.09. The minimum atomic E-state index is 0. The zero-order chi connectivity index (χ0) is 12.9. The van der Waals surface area contributed by atoms with E-state index < -0.39 is 0 Å². The highest BCUT2D eigenvalue weighted by Crippen LogP contribution is 1.90. The number of unbranched alkanes of at least 4 members (excludes halogenated alkanes) is 2. The highest BCUT2D eigenvalue weighted by Gasteiger charge is 2.01. The first kappa shape index (κ1) is 19.8. The van der Waals surface area contributed by atoms with Gasteiger partial charge >= 0.3 is 0 Å². The summed E-state index contributed by atoms with van der Waals surface area (Å²) >= 11 is 0. The van der Waals surface area contributed by atoms with E-state index in [4.69, 9.17) is 0 Å². The summed E-state index contributed by atoms with van der Waals surface area (Å²) in [6.07, 6.45) is 4.49. The molecule has 108 valence electrons. The van der Waals surface area contributed by atoms with Gasteiger partial charge in [-0.25, -0.2) is 0 Å². The Balaban J connectivity index is 0. The van der Waals surface area contributed by atoms with Gasteiger partial charge in [0.05, 0.1) is 6.54 Å². The molecule has 0 aromatic heterocycles. The van der Waals surface area contributed by atoms with Crippen molar-refractivity contribution in [3.63, 3.8) is 0 Å². The Labute approximate surface area is 128 Å². The van der Waals surface area contributed by atoms with Crippen LogP contribution in [-0.2, 0) is 4.79 Å². The topological polar surface area (TPSA) is 65.5 Å². The van der Waals surface area contributed by atoms with E-state index in [0.29, 0.717) is 5.96 Å².